The van der Waals surface area contributed by atoms with Crippen LogP contribution in [0.15, 0.2) is 90.3 Å². The van der Waals surface area contributed by atoms with Gasteiger partial charge in [0.05, 0.1) is 30.1 Å². The summed E-state index contributed by atoms with van der Waals surface area (Å²) in [5.41, 5.74) is 2.75. The third-order valence-corrected chi connectivity index (χ3v) is 8.72. The van der Waals surface area contributed by atoms with Crippen LogP contribution in [-0.2, 0) is 28.6 Å². The van der Waals surface area contributed by atoms with Gasteiger partial charge in [0, 0.05) is 42.0 Å². The monoisotopic (exact) mass is 573 g/mol. The van der Waals surface area contributed by atoms with Gasteiger partial charge in [0.1, 0.15) is 11.9 Å². The molecule has 1 heterocycles. The number of benzene rings is 3. The second-order valence-electron chi connectivity index (χ2n) is 9.89. The molecule has 1 atom stereocenters. The minimum absolute atomic E-state index is 0.0159. The fourth-order valence-electron chi connectivity index (χ4n) is 5.04. The first-order valence-electron chi connectivity index (χ1n) is 13.4. The van der Waals surface area contributed by atoms with Crippen LogP contribution in [0.1, 0.15) is 56.4 Å². The van der Waals surface area contributed by atoms with E-state index in [4.69, 9.17) is 9.84 Å². The van der Waals surface area contributed by atoms with Crippen molar-refractivity contribution in [1.82, 2.24) is 14.9 Å². The second-order valence-corrected chi connectivity index (χ2v) is 11.9. The lowest BCUT2D eigenvalue weighted by atomic mass is 9.87. The third-order valence-electron chi connectivity index (χ3n) is 7.08. The zero-order valence-electron chi connectivity index (χ0n) is 22.4. The average Bonchev–Trinajstić information content (AvgIpc) is 3.50. The van der Waals surface area contributed by atoms with Crippen molar-refractivity contribution < 1.29 is 27.9 Å². The van der Waals surface area contributed by atoms with Crippen LogP contribution < -0.4 is 10.1 Å². The van der Waals surface area contributed by atoms with Gasteiger partial charge in [-0.05, 0) is 54.3 Å². The first-order chi connectivity index (χ1) is 19.9. The van der Waals surface area contributed by atoms with Crippen molar-refractivity contribution in [3.8, 4) is 5.75 Å². The molecule has 0 saturated heterocycles. The molecule has 1 aliphatic carbocycles. The number of Topliss-reactive ketones (excluding diaryl/α,β-unsaturated/α-hetero) is 1. The molecule has 9 nitrogen and oxygen atoms in total. The van der Waals surface area contributed by atoms with E-state index in [0.717, 1.165) is 5.56 Å². The molecule has 0 bridgehead atoms. The number of nitrogens with zero attached hydrogens (tertiary/aromatic N) is 2. The first kappa shape index (κ1) is 28.3. The maximum absolute atomic E-state index is 13.8. The highest BCUT2D eigenvalue weighted by Crippen LogP contribution is 2.36. The number of imidazole rings is 1. The van der Waals surface area contributed by atoms with Crippen LogP contribution in [0, 0.1) is 0 Å². The standard InChI is InChI=1S/C31H31N3O6S/c35-17-15-33-31(37)23-8-4-9-24(18-23)41(38,39)20-27-25-10-5-11-28(36)26(25)12-13-29(27)40-30(19-34-16-14-32-21-34)22-6-2-1-3-7-22/h1-4,6-9,12-14,16,18,21,30,35H,5,10-11,15,17,19-20H2,(H,33,37)/t30-/m1/s1. The first-order valence-corrected chi connectivity index (χ1v) is 15.1. The number of ether oxygens (including phenoxy) is 1. The third kappa shape index (κ3) is 6.55. The number of carbonyl (C=O) groups is 2. The van der Waals surface area contributed by atoms with Crippen molar-refractivity contribution in [2.75, 3.05) is 13.2 Å². The van der Waals surface area contributed by atoms with E-state index in [0.29, 0.717) is 48.2 Å². The van der Waals surface area contributed by atoms with Gasteiger partial charge in [-0.25, -0.2) is 13.4 Å². The summed E-state index contributed by atoms with van der Waals surface area (Å²) in [4.78, 5) is 29.3. The Morgan fingerprint density at radius 3 is 2.66 bits per heavy atom. The van der Waals surface area contributed by atoms with Gasteiger partial charge in [0.25, 0.3) is 5.91 Å². The van der Waals surface area contributed by atoms with Gasteiger partial charge in [-0.3, -0.25) is 9.59 Å². The molecule has 0 unspecified atom stereocenters. The Morgan fingerprint density at radius 1 is 1.07 bits per heavy atom. The number of rotatable bonds is 11. The lowest BCUT2D eigenvalue weighted by Crippen LogP contribution is -2.26. The zero-order valence-corrected chi connectivity index (χ0v) is 23.2. The SMILES string of the molecule is O=C(NCCO)c1cccc(S(=O)(=O)Cc2c(O[C@H](Cn3ccnc3)c3ccccc3)ccc3c2CCCC3=O)c1. The highest BCUT2D eigenvalue weighted by atomic mass is 32.2. The summed E-state index contributed by atoms with van der Waals surface area (Å²) < 4.78 is 36.1. The lowest BCUT2D eigenvalue weighted by molar-refractivity contribution is 0.0942. The number of aliphatic hydroxyl groups excluding tert-OH is 1. The Hall–Kier alpha value is -4.28. The van der Waals surface area contributed by atoms with E-state index in [-0.39, 0.29) is 29.4 Å². The topological polar surface area (TPSA) is 128 Å². The normalized spacial score (nSPS) is 13.8. The average molecular weight is 574 g/mol. The Kier molecular flexibility index (Phi) is 8.61. The van der Waals surface area contributed by atoms with Crippen molar-refractivity contribution in [1.29, 1.82) is 0 Å². The highest BCUT2D eigenvalue weighted by molar-refractivity contribution is 7.90. The van der Waals surface area contributed by atoms with Crippen molar-refractivity contribution in [2.45, 2.75) is 42.6 Å². The summed E-state index contributed by atoms with van der Waals surface area (Å²) in [6.45, 7) is 0.273. The van der Waals surface area contributed by atoms with Gasteiger partial charge in [-0.15, -0.1) is 0 Å². The maximum Gasteiger partial charge on any atom is 0.251 e. The number of ketones is 1. The molecule has 0 radical (unpaired) electrons. The summed E-state index contributed by atoms with van der Waals surface area (Å²) in [5.74, 6) is -0.495. The van der Waals surface area contributed by atoms with Crippen LogP contribution in [0.25, 0.3) is 0 Å². The molecule has 0 aliphatic heterocycles. The minimum Gasteiger partial charge on any atom is -0.484 e. The quantitative estimate of drug-likeness (QED) is 0.278. The highest BCUT2D eigenvalue weighted by Gasteiger charge is 2.28. The van der Waals surface area contributed by atoms with Gasteiger partial charge in [-0.1, -0.05) is 36.4 Å². The summed E-state index contributed by atoms with van der Waals surface area (Å²) in [6.07, 6.45) is 6.35. The summed E-state index contributed by atoms with van der Waals surface area (Å²) >= 11 is 0. The molecule has 0 fully saturated rings. The molecular weight excluding hydrogens is 542 g/mol. The molecule has 1 amide bonds. The number of hydrogen-bond donors (Lipinski definition) is 2. The largest absolute Gasteiger partial charge is 0.484 e. The predicted octanol–water partition coefficient (Wildman–Crippen LogP) is 3.92. The Morgan fingerprint density at radius 2 is 1.90 bits per heavy atom. The van der Waals surface area contributed by atoms with Gasteiger partial charge < -0.3 is 19.7 Å². The number of nitrogens with one attached hydrogen (secondary N) is 1. The van der Waals surface area contributed by atoms with Crippen LogP contribution in [-0.4, -0.2) is 47.9 Å². The molecule has 1 aromatic heterocycles. The molecule has 2 N–H and O–H groups in total. The van der Waals surface area contributed by atoms with E-state index in [1.54, 1.807) is 24.7 Å². The Bertz CT molecular complexity index is 1640. The number of hydrogen-bond acceptors (Lipinski definition) is 7. The van der Waals surface area contributed by atoms with Crippen molar-refractivity contribution >= 4 is 21.5 Å². The molecule has 4 aromatic rings. The zero-order chi connectivity index (χ0) is 28.8. The molecule has 1 aliphatic rings. The van der Waals surface area contributed by atoms with Crippen molar-refractivity contribution in [3.63, 3.8) is 0 Å². The summed E-state index contributed by atoms with van der Waals surface area (Å²) in [6, 6.07) is 18.9. The Labute approximate surface area is 238 Å². The summed E-state index contributed by atoms with van der Waals surface area (Å²) in [5, 5.41) is 11.5. The fraction of sp³-hybridized carbons (Fsp3) is 0.258. The van der Waals surface area contributed by atoms with Crippen molar-refractivity contribution in [3.05, 3.63) is 113 Å². The number of sulfone groups is 1. The molecule has 0 saturated carbocycles. The van der Waals surface area contributed by atoms with Gasteiger partial charge in [-0.2, -0.15) is 0 Å². The summed E-state index contributed by atoms with van der Waals surface area (Å²) in [7, 11) is -3.95. The molecule has 41 heavy (non-hydrogen) atoms. The maximum atomic E-state index is 13.8. The molecule has 0 spiro atoms. The van der Waals surface area contributed by atoms with Gasteiger partial charge in [0.2, 0.25) is 0 Å². The van der Waals surface area contributed by atoms with E-state index in [2.05, 4.69) is 10.3 Å². The smallest absolute Gasteiger partial charge is 0.251 e. The predicted molar refractivity (Wildman–Crippen MR) is 152 cm³/mol. The van der Waals surface area contributed by atoms with E-state index in [1.807, 2.05) is 41.1 Å². The minimum atomic E-state index is -3.95. The van der Waals surface area contributed by atoms with E-state index in [1.165, 1.54) is 24.3 Å². The Balaban J connectivity index is 1.53. The fourth-order valence-corrected chi connectivity index (χ4v) is 6.50. The van der Waals surface area contributed by atoms with Crippen LogP contribution in [0.2, 0.25) is 0 Å². The molecule has 212 valence electrons. The van der Waals surface area contributed by atoms with Crippen LogP contribution in [0.5, 0.6) is 5.75 Å². The van der Waals surface area contributed by atoms with Crippen molar-refractivity contribution in [2.24, 2.45) is 0 Å². The molecule has 5 rings (SSSR count). The van der Waals surface area contributed by atoms with E-state index >= 15 is 0 Å². The molecule has 3 aromatic carbocycles. The van der Waals surface area contributed by atoms with Gasteiger partial charge >= 0.3 is 0 Å². The number of aliphatic hydroxyl groups is 1. The second kappa shape index (κ2) is 12.5. The van der Waals surface area contributed by atoms with E-state index in [9.17, 15) is 18.0 Å². The molecule has 10 heteroatoms. The number of fused-ring (bicyclic) bond motifs is 1. The number of aromatic nitrogens is 2. The lowest BCUT2D eigenvalue weighted by Gasteiger charge is -2.26. The number of carbonyl (C=O) groups excluding carboxylic acids is 2. The van der Waals surface area contributed by atoms with Crippen LogP contribution in [0.4, 0.5) is 0 Å². The molecular formula is C31H31N3O6S. The van der Waals surface area contributed by atoms with Gasteiger partial charge in [0.15, 0.2) is 15.6 Å². The van der Waals surface area contributed by atoms with E-state index < -0.39 is 27.6 Å². The number of amides is 1. The van der Waals surface area contributed by atoms with Crippen LogP contribution in [0.3, 0.4) is 0 Å². The van der Waals surface area contributed by atoms with Crippen LogP contribution >= 0.6 is 0 Å².